The van der Waals surface area contributed by atoms with E-state index in [1.54, 1.807) is 24.3 Å². The van der Waals surface area contributed by atoms with Gasteiger partial charge in [0.25, 0.3) is 11.7 Å². The molecule has 1 saturated carbocycles. The van der Waals surface area contributed by atoms with E-state index in [1.807, 2.05) is 4.90 Å². The van der Waals surface area contributed by atoms with Crippen LogP contribution < -0.4 is 0 Å². The van der Waals surface area contributed by atoms with E-state index >= 15 is 0 Å². The van der Waals surface area contributed by atoms with Gasteiger partial charge in [-0.25, -0.2) is 0 Å². The molecule has 0 N–H and O–H groups in total. The highest BCUT2D eigenvalue weighted by Crippen LogP contribution is 2.31. The quantitative estimate of drug-likeness (QED) is 0.747. The predicted molar refractivity (Wildman–Crippen MR) is 81.3 cm³/mol. The standard InChI is InChI=1S/C16H19F2NO2S/c17-16(18)22-14-5-1-12(2-6-14)15(20)19(13-3-4-13)9-11-7-8-21-10-11/h1-2,5-6,11,13,16H,3-4,7-10H2/t11-/m1/s1. The average Bonchev–Trinajstić information content (AvgIpc) is 3.21. The molecule has 1 saturated heterocycles. The maximum Gasteiger partial charge on any atom is 0.288 e. The summed E-state index contributed by atoms with van der Waals surface area (Å²) in [4.78, 5) is 15.1. The first-order chi connectivity index (χ1) is 10.6. The summed E-state index contributed by atoms with van der Waals surface area (Å²) < 4.78 is 30.0. The van der Waals surface area contributed by atoms with Gasteiger partial charge in [0.05, 0.1) is 6.61 Å². The van der Waals surface area contributed by atoms with E-state index < -0.39 is 5.76 Å². The summed E-state index contributed by atoms with van der Waals surface area (Å²) in [7, 11) is 0. The molecule has 0 radical (unpaired) electrons. The SMILES string of the molecule is O=C(c1ccc(SC(F)F)cc1)N(C[C@H]1CCOC1)C1CC1. The highest BCUT2D eigenvalue weighted by Gasteiger charge is 2.35. The van der Waals surface area contributed by atoms with E-state index in [4.69, 9.17) is 4.74 Å². The van der Waals surface area contributed by atoms with Crippen LogP contribution in [0.3, 0.4) is 0 Å². The number of thioether (sulfide) groups is 1. The smallest absolute Gasteiger partial charge is 0.288 e. The highest BCUT2D eigenvalue weighted by molar-refractivity contribution is 7.99. The van der Waals surface area contributed by atoms with Crippen molar-refractivity contribution >= 4 is 17.7 Å². The number of carbonyl (C=O) groups is 1. The number of rotatable bonds is 6. The van der Waals surface area contributed by atoms with E-state index in [1.165, 1.54) is 0 Å². The van der Waals surface area contributed by atoms with Gasteiger partial charge in [0.15, 0.2) is 0 Å². The summed E-state index contributed by atoms with van der Waals surface area (Å²) in [5.41, 5.74) is 0.574. The minimum absolute atomic E-state index is 0.00277. The Morgan fingerprint density at radius 3 is 2.55 bits per heavy atom. The molecule has 3 rings (SSSR count). The Labute approximate surface area is 133 Å². The van der Waals surface area contributed by atoms with E-state index in [0.29, 0.717) is 34.2 Å². The number of halogens is 2. The number of benzene rings is 1. The van der Waals surface area contributed by atoms with Crippen LogP contribution in [0.1, 0.15) is 29.6 Å². The lowest BCUT2D eigenvalue weighted by Gasteiger charge is -2.25. The Kier molecular flexibility index (Phi) is 4.98. The zero-order chi connectivity index (χ0) is 15.5. The molecule has 3 nitrogen and oxygen atoms in total. The molecule has 1 atom stereocenters. The molecule has 0 unspecified atom stereocenters. The largest absolute Gasteiger partial charge is 0.381 e. The number of hydrogen-bond acceptors (Lipinski definition) is 3. The molecule has 2 aliphatic rings. The molecule has 2 fully saturated rings. The summed E-state index contributed by atoms with van der Waals surface area (Å²) in [6, 6.07) is 6.81. The second-order valence-electron chi connectivity index (χ2n) is 5.82. The molecule has 1 amide bonds. The average molecular weight is 327 g/mol. The number of amides is 1. The summed E-state index contributed by atoms with van der Waals surface area (Å²) in [5, 5.41) is 0. The van der Waals surface area contributed by atoms with Crippen molar-refractivity contribution in [3.63, 3.8) is 0 Å². The predicted octanol–water partition coefficient (Wildman–Crippen LogP) is 3.64. The van der Waals surface area contributed by atoms with Crippen LogP contribution in [-0.2, 0) is 4.74 Å². The van der Waals surface area contributed by atoms with Gasteiger partial charge in [-0.05, 0) is 43.5 Å². The zero-order valence-corrected chi connectivity index (χ0v) is 13.0. The van der Waals surface area contributed by atoms with E-state index in [0.717, 1.165) is 39.0 Å². The van der Waals surface area contributed by atoms with Crippen molar-refractivity contribution in [3.05, 3.63) is 29.8 Å². The Morgan fingerprint density at radius 1 is 1.27 bits per heavy atom. The first-order valence-electron chi connectivity index (χ1n) is 7.57. The highest BCUT2D eigenvalue weighted by atomic mass is 32.2. The molecular weight excluding hydrogens is 308 g/mol. The number of alkyl halides is 2. The Morgan fingerprint density at radius 2 is 2.00 bits per heavy atom. The minimum atomic E-state index is -2.44. The van der Waals surface area contributed by atoms with Crippen molar-refractivity contribution in [2.75, 3.05) is 19.8 Å². The van der Waals surface area contributed by atoms with Crippen LogP contribution in [0.2, 0.25) is 0 Å². The number of nitrogens with zero attached hydrogens (tertiary/aromatic N) is 1. The molecule has 1 aromatic carbocycles. The molecule has 0 spiro atoms. The molecule has 0 bridgehead atoms. The number of hydrogen-bond donors (Lipinski definition) is 0. The fraction of sp³-hybridized carbons (Fsp3) is 0.562. The third-order valence-electron chi connectivity index (χ3n) is 4.05. The van der Waals surface area contributed by atoms with Crippen LogP contribution in [0.15, 0.2) is 29.2 Å². The lowest BCUT2D eigenvalue weighted by atomic mass is 10.1. The summed E-state index contributed by atoms with van der Waals surface area (Å²) in [6.45, 7) is 2.23. The first kappa shape index (κ1) is 15.7. The minimum Gasteiger partial charge on any atom is -0.381 e. The lowest BCUT2D eigenvalue weighted by Crippen LogP contribution is -2.37. The number of ether oxygens (including phenoxy) is 1. The van der Waals surface area contributed by atoms with Crippen molar-refractivity contribution < 1.29 is 18.3 Å². The van der Waals surface area contributed by atoms with Crippen molar-refractivity contribution in [1.29, 1.82) is 0 Å². The van der Waals surface area contributed by atoms with Crippen molar-refractivity contribution in [2.24, 2.45) is 5.92 Å². The van der Waals surface area contributed by atoms with E-state index in [9.17, 15) is 13.6 Å². The zero-order valence-electron chi connectivity index (χ0n) is 12.2. The third-order valence-corrected chi connectivity index (χ3v) is 4.78. The van der Waals surface area contributed by atoms with Gasteiger partial charge in [0.1, 0.15) is 0 Å². The fourth-order valence-electron chi connectivity index (χ4n) is 2.73. The van der Waals surface area contributed by atoms with Crippen LogP contribution in [0, 0.1) is 5.92 Å². The van der Waals surface area contributed by atoms with Gasteiger partial charge in [-0.1, -0.05) is 11.8 Å². The van der Waals surface area contributed by atoms with Gasteiger partial charge < -0.3 is 9.64 Å². The number of carbonyl (C=O) groups excluding carboxylic acids is 1. The van der Waals surface area contributed by atoms with Crippen LogP contribution >= 0.6 is 11.8 Å². The topological polar surface area (TPSA) is 29.5 Å². The van der Waals surface area contributed by atoms with Gasteiger partial charge in [-0.15, -0.1) is 0 Å². The second-order valence-corrected chi connectivity index (χ2v) is 6.88. The maximum absolute atomic E-state index is 12.7. The van der Waals surface area contributed by atoms with Crippen molar-refractivity contribution in [1.82, 2.24) is 4.90 Å². The van der Waals surface area contributed by atoms with E-state index in [-0.39, 0.29) is 5.91 Å². The van der Waals surface area contributed by atoms with E-state index in [2.05, 4.69) is 0 Å². The lowest BCUT2D eigenvalue weighted by molar-refractivity contribution is 0.0706. The van der Waals surface area contributed by atoms with Crippen LogP contribution in [0.4, 0.5) is 8.78 Å². The normalized spacial score (nSPS) is 21.3. The molecule has 6 heteroatoms. The maximum atomic E-state index is 12.7. The van der Waals surface area contributed by atoms with Gasteiger partial charge >= 0.3 is 0 Å². The molecular formula is C16H19F2NO2S. The molecule has 1 heterocycles. The fourth-order valence-corrected chi connectivity index (χ4v) is 3.23. The van der Waals surface area contributed by atoms with Gasteiger partial charge in [0.2, 0.25) is 0 Å². The summed E-state index contributed by atoms with van der Waals surface area (Å²) >= 11 is 0.497. The molecule has 1 aliphatic carbocycles. The Balaban J connectivity index is 1.66. The Hall–Kier alpha value is -1.14. The monoisotopic (exact) mass is 327 g/mol. The molecule has 22 heavy (non-hydrogen) atoms. The second kappa shape index (κ2) is 6.96. The summed E-state index contributed by atoms with van der Waals surface area (Å²) in [5.74, 6) is -2.02. The Bertz CT molecular complexity index is 513. The van der Waals surface area contributed by atoms with Crippen LogP contribution in [-0.4, -0.2) is 42.4 Å². The third kappa shape index (κ3) is 3.98. The van der Waals surface area contributed by atoms with Gasteiger partial charge in [-0.3, -0.25) is 4.79 Å². The van der Waals surface area contributed by atoms with Crippen LogP contribution in [0.25, 0.3) is 0 Å². The van der Waals surface area contributed by atoms with Crippen molar-refractivity contribution in [2.45, 2.75) is 36.0 Å². The molecule has 0 aromatic heterocycles. The molecule has 1 aromatic rings. The van der Waals surface area contributed by atoms with Crippen molar-refractivity contribution in [3.8, 4) is 0 Å². The molecule has 1 aliphatic heterocycles. The summed E-state index contributed by atoms with van der Waals surface area (Å²) in [6.07, 6.45) is 3.11. The van der Waals surface area contributed by atoms with Gasteiger partial charge in [-0.2, -0.15) is 8.78 Å². The van der Waals surface area contributed by atoms with Gasteiger partial charge in [0, 0.05) is 35.6 Å². The van der Waals surface area contributed by atoms with Crippen LogP contribution in [0.5, 0.6) is 0 Å². The first-order valence-corrected chi connectivity index (χ1v) is 8.45. The molecule has 120 valence electrons.